The van der Waals surface area contributed by atoms with Crippen LogP contribution in [-0.2, 0) is 33.1 Å². The first kappa shape index (κ1) is 29.7. The molecule has 0 saturated carbocycles. The predicted octanol–water partition coefficient (Wildman–Crippen LogP) is 5.01. The Morgan fingerprint density at radius 3 is 1.20 bits per heavy atom. The van der Waals surface area contributed by atoms with Gasteiger partial charge in [-0.15, -0.1) is 0 Å². The van der Waals surface area contributed by atoms with E-state index in [1.165, 1.54) is 24.3 Å². The predicted molar refractivity (Wildman–Crippen MR) is 138 cm³/mol. The minimum Gasteiger partial charge on any atom is -0.744 e. The van der Waals surface area contributed by atoms with Gasteiger partial charge in [0.2, 0.25) is 0 Å². The molecule has 4 aromatic carbocycles. The van der Waals surface area contributed by atoms with E-state index in [1.807, 2.05) is 36.4 Å². The number of benzene rings is 4. The van der Waals surface area contributed by atoms with Gasteiger partial charge in [0.1, 0.15) is 20.2 Å². The Morgan fingerprint density at radius 1 is 0.543 bits per heavy atom. The van der Waals surface area contributed by atoms with E-state index in [9.17, 15) is 25.9 Å². The molecule has 0 saturated heterocycles. The molecule has 0 atom stereocenters. The number of hydrogen-bond acceptors (Lipinski definition) is 6. The van der Waals surface area contributed by atoms with E-state index in [0.29, 0.717) is 0 Å². The fraction of sp³-hybridized carbons (Fsp3) is 0.231. The maximum Gasteiger partial charge on any atom is 2.00 e. The molecule has 0 N–H and O–H groups in total. The molecule has 0 aromatic heterocycles. The van der Waals surface area contributed by atoms with Crippen molar-refractivity contribution in [3.05, 3.63) is 83.9 Å². The van der Waals surface area contributed by atoms with Gasteiger partial charge in [-0.25, -0.2) is 16.8 Å². The normalized spacial score (nSPS) is 11.5. The van der Waals surface area contributed by atoms with Gasteiger partial charge in [-0.1, -0.05) is 75.2 Å². The molecule has 0 spiro atoms. The second-order valence-electron chi connectivity index (χ2n) is 8.09. The Kier molecular flexibility index (Phi) is 10.7. The van der Waals surface area contributed by atoms with Crippen LogP contribution in [0.3, 0.4) is 0 Å². The molecule has 0 aliphatic carbocycles. The van der Waals surface area contributed by atoms with Crippen molar-refractivity contribution in [1.82, 2.24) is 0 Å². The van der Waals surface area contributed by atoms with Gasteiger partial charge < -0.3 is 9.11 Å². The summed E-state index contributed by atoms with van der Waals surface area (Å²) in [7, 11) is -8.74. The van der Waals surface area contributed by atoms with Crippen LogP contribution in [-0.4, -0.2) is 63.7 Å². The monoisotopic (exact) mass is 538 g/mol. The van der Waals surface area contributed by atoms with Crippen LogP contribution in [0.25, 0.3) is 21.5 Å². The number of aryl methyl sites for hydroxylation is 2. The first-order valence-corrected chi connectivity index (χ1v) is 13.8. The van der Waals surface area contributed by atoms with Crippen LogP contribution < -0.4 is 0 Å². The molecule has 0 amide bonds. The van der Waals surface area contributed by atoms with Crippen molar-refractivity contribution < 1.29 is 25.9 Å². The van der Waals surface area contributed by atoms with E-state index < -0.39 is 20.2 Å². The third-order valence-electron chi connectivity index (χ3n) is 5.41. The Hall–Kier alpha value is -1.52. The molecule has 0 radical (unpaired) electrons. The molecule has 6 nitrogen and oxygen atoms in total. The number of rotatable bonds is 6. The topological polar surface area (TPSA) is 114 Å². The van der Waals surface area contributed by atoms with Crippen LogP contribution >= 0.6 is 0 Å². The van der Waals surface area contributed by atoms with Gasteiger partial charge in [0.05, 0.1) is 9.79 Å². The largest absolute Gasteiger partial charge is 2.00 e. The molecule has 0 aliphatic heterocycles. The van der Waals surface area contributed by atoms with Gasteiger partial charge >= 0.3 is 37.7 Å². The van der Waals surface area contributed by atoms with E-state index in [0.717, 1.165) is 58.4 Å². The average Bonchev–Trinajstić information content (AvgIpc) is 2.78. The van der Waals surface area contributed by atoms with Gasteiger partial charge in [-0.3, -0.25) is 0 Å². The van der Waals surface area contributed by atoms with E-state index in [2.05, 4.69) is 13.8 Å². The zero-order valence-electron chi connectivity index (χ0n) is 19.7. The van der Waals surface area contributed by atoms with Crippen molar-refractivity contribution in [2.24, 2.45) is 0 Å². The maximum absolute atomic E-state index is 10.9. The minimum absolute atomic E-state index is 0. The van der Waals surface area contributed by atoms with Gasteiger partial charge in [0, 0.05) is 0 Å². The summed E-state index contributed by atoms with van der Waals surface area (Å²) in [6, 6.07) is 20.7. The van der Waals surface area contributed by atoms with E-state index >= 15 is 0 Å². The maximum atomic E-state index is 10.9. The van der Waals surface area contributed by atoms with Crippen molar-refractivity contribution in [2.45, 2.75) is 49.3 Å². The van der Waals surface area contributed by atoms with Crippen molar-refractivity contribution in [3.63, 3.8) is 0 Å². The third-order valence-corrected chi connectivity index (χ3v) is 7.07. The first-order chi connectivity index (χ1) is 16.0. The Balaban J connectivity index is 0.000000240. The minimum atomic E-state index is -4.37. The number of fused-ring (bicyclic) bond motifs is 2. The third kappa shape index (κ3) is 8.25. The Morgan fingerprint density at radius 2 is 0.886 bits per heavy atom. The molecular weight excluding hydrogens is 512 g/mol. The standard InChI is InChI=1S/2C13H14O3S.Ca/c2*1-2-3-10-4-5-11-6-7-13(17(14,15)16)9-12(11)8-10;/h2*4-9H,2-3H2,1H3,(H,14,15,16);/q;;+2/p-2. The molecule has 0 heterocycles. The molecule has 35 heavy (non-hydrogen) atoms. The first-order valence-electron chi connectivity index (χ1n) is 11.0. The van der Waals surface area contributed by atoms with Gasteiger partial charge in [0.15, 0.2) is 0 Å². The fourth-order valence-electron chi connectivity index (χ4n) is 3.75. The van der Waals surface area contributed by atoms with Crippen molar-refractivity contribution in [2.75, 3.05) is 0 Å². The zero-order chi connectivity index (χ0) is 24.9. The molecule has 0 aliphatic rings. The van der Waals surface area contributed by atoms with Crippen LogP contribution in [0.1, 0.15) is 37.8 Å². The van der Waals surface area contributed by atoms with Crippen molar-refractivity contribution in [3.8, 4) is 0 Å². The molecule has 4 rings (SSSR count). The summed E-state index contributed by atoms with van der Waals surface area (Å²) in [5.41, 5.74) is 2.31. The van der Waals surface area contributed by atoms with Crippen LogP contribution in [0.4, 0.5) is 0 Å². The molecule has 0 unspecified atom stereocenters. The van der Waals surface area contributed by atoms with Crippen molar-refractivity contribution in [1.29, 1.82) is 0 Å². The average molecular weight is 539 g/mol. The van der Waals surface area contributed by atoms with E-state index in [-0.39, 0.29) is 47.5 Å². The summed E-state index contributed by atoms with van der Waals surface area (Å²) in [6.07, 6.45) is 3.96. The molecule has 0 bridgehead atoms. The number of hydrogen-bond donors (Lipinski definition) is 0. The quantitative estimate of drug-likeness (QED) is 0.252. The SMILES string of the molecule is CCCc1ccc2ccc(S(=O)(=O)[O-])cc2c1.CCCc1ccc2ccc(S(=O)(=O)[O-])cc2c1.[Ca+2]. The second kappa shape index (κ2) is 12.6. The molecule has 180 valence electrons. The van der Waals surface area contributed by atoms with Crippen LogP contribution in [0.15, 0.2) is 82.6 Å². The molecular formula is C26H26CaO6S2. The molecule has 0 fully saturated rings. The Bertz CT molecular complexity index is 1410. The smallest absolute Gasteiger partial charge is 0.744 e. The summed E-state index contributed by atoms with van der Waals surface area (Å²) in [5.74, 6) is 0. The summed E-state index contributed by atoms with van der Waals surface area (Å²) in [4.78, 5) is -0.336. The van der Waals surface area contributed by atoms with Crippen molar-refractivity contribution >= 4 is 79.5 Å². The summed E-state index contributed by atoms with van der Waals surface area (Å²) in [5, 5.41) is 3.48. The Labute approximate surface area is 236 Å². The van der Waals surface area contributed by atoms with Gasteiger partial charge in [-0.05, 0) is 69.8 Å². The van der Waals surface area contributed by atoms with Crippen LogP contribution in [0, 0.1) is 0 Å². The van der Waals surface area contributed by atoms with Gasteiger partial charge in [0.25, 0.3) is 0 Å². The van der Waals surface area contributed by atoms with Crippen LogP contribution in [0.5, 0.6) is 0 Å². The van der Waals surface area contributed by atoms with E-state index in [4.69, 9.17) is 0 Å². The summed E-state index contributed by atoms with van der Waals surface area (Å²) >= 11 is 0. The molecule has 4 aromatic rings. The summed E-state index contributed by atoms with van der Waals surface area (Å²) in [6.45, 7) is 4.17. The summed E-state index contributed by atoms with van der Waals surface area (Å²) < 4.78 is 65.6. The zero-order valence-corrected chi connectivity index (χ0v) is 23.6. The molecule has 9 heteroatoms. The van der Waals surface area contributed by atoms with E-state index in [1.54, 1.807) is 12.1 Å². The second-order valence-corrected chi connectivity index (χ2v) is 10.9. The van der Waals surface area contributed by atoms with Gasteiger partial charge in [-0.2, -0.15) is 0 Å². The van der Waals surface area contributed by atoms with Crippen LogP contribution in [0.2, 0.25) is 0 Å². The fourth-order valence-corrected chi connectivity index (χ4v) is 4.76.